The van der Waals surface area contributed by atoms with Crippen LogP contribution in [0.5, 0.6) is 0 Å². The summed E-state index contributed by atoms with van der Waals surface area (Å²) in [5, 5.41) is 11.6. The third-order valence-corrected chi connectivity index (χ3v) is 7.17. The Morgan fingerprint density at radius 2 is 1.91 bits per heavy atom. The Bertz CT molecular complexity index is 1210. The van der Waals surface area contributed by atoms with E-state index in [9.17, 15) is 14.4 Å². The first-order valence-corrected chi connectivity index (χ1v) is 11.7. The van der Waals surface area contributed by atoms with Crippen LogP contribution in [-0.2, 0) is 16.1 Å². The monoisotopic (exact) mass is 537 g/mol. The van der Waals surface area contributed by atoms with E-state index in [0.717, 1.165) is 27.2 Å². The van der Waals surface area contributed by atoms with Crippen LogP contribution in [-0.4, -0.2) is 51.1 Å². The molecule has 0 saturated heterocycles. The minimum Gasteiger partial charge on any atom is -0.465 e. The highest BCUT2D eigenvalue weighted by atomic mass is 79.9. The molecule has 0 fully saturated rings. The number of hydrogen-bond acceptors (Lipinski definition) is 8. The van der Waals surface area contributed by atoms with E-state index in [-0.39, 0.29) is 27.7 Å². The maximum absolute atomic E-state index is 12.9. The standard InChI is InChI=1S/C21H24BrN5O5S/c1-6-9-32-20(29)15-11(2)17(21(30)31-5)33-19(15)23-18(28)14-7-8-26(25-14)10-27-13(4)16(22)12(3)24-27/h7-8H,6,9-10H2,1-5H3,(H,23,28). The maximum Gasteiger partial charge on any atom is 0.348 e. The van der Waals surface area contributed by atoms with Gasteiger partial charge in [0.15, 0.2) is 5.69 Å². The van der Waals surface area contributed by atoms with Gasteiger partial charge < -0.3 is 14.8 Å². The number of carbonyl (C=O) groups excluding carboxylic acids is 3. The van der Waals surface area contributed by atoms with Crippen molar-refractivity contribution in [1.29, 1.82) is 0 Å². The van der Waals surface area contributed by atoms with Crippen LogP contribution in [0.1, 0.15) is 60.8 Å². The number of amides is 1. The summed E-state index contributed by atoms with van der Waals surface area (Å²) in [6, 6.07) is 1.56. The molecule has 3 aromatic heterocycles. The molecule has 10 nitrogen and oxygen atoms in total. The number of halogens is 1. The van der Waals surface area contributed by atoms with E-state index in [1.54, 1.807) is 28.6 Å². The SMILES string of the molecule is CCCOC(=O)c1c(NC(=O)c2ccn(Cn3nc(C)c(Br)c3C)n2)sc(C(=O)OC)c1C. The molecule has 0 unspecified atom stereocenters. The summed E-state index contributed by atoms with van der Waals surface area (Å²) in [4.78, 5) is 37.8. The first-order chi connectivity index (χ1) is 15.7. The van der Waals surface area contributed by atoms with E-state index < -0.39 is 17.8 Å². The highest BCUT2D eigenvalue weighted by Gasteiger charge is 2.27. The second-order valence-electron chi connectivity index (χ2n) is 7.21. The number of thiophene rings is 1. The van der Waals surface area contributed by atoms with E-state index in [2.05, 4.69) is 31.4 Å². The summed E-state index contributed by atoms with van der Waals surface area (Å²) >= 11 is 4.45. The van der Waals surface area contributed by atoms with Gasteiger partial charge in [0, 0.05) is 6.20 Å². The lowest BCUT2D eigenvalue weighted by Crippen LogP contribution is -2.17. The molecule has 1 amide bonds. The molecule has 0 spiro atoms. The number of ether oxygens (including phenoxy) is 2. The number of methoxy groups -OCH3 is 1. The molecule has 1 N–H and O–H groups in total. The van der Waals surface area contributed by atoms with Crippen molar-refractivity contribution in [3.05, 3.63) is 49.8 Å². The molecule has 0 saturated carbocycles. The van der Waals surface area contributed by atoms with Crippen molar-refractivity contribution in [2.24, 2.45) is 0 Å². The van der Waals surface area contributed by atoms with Crippen molar-refractivity contribution in [1.82, 2.24) is 19.6 Å². The molecular formula is C21H24BrN5O5S. The average molecular weight is 538 g/mol. The van der Waals surface area contributed by atoms with Crippen molar-refractivity contribution in [2.45, 2.75) is 40.8 Å². The Labute approximate surface area is 203 Å². The normalized spacial score (nSPS) is 10.8. The highest BCUT2D eigenvalue weighted by molar-refractivity contribution is 9.10. The van der Waals surface area contributed by atoms with Gasteiger partial charge in [-0.1, -0.05) is 6.92 Å². The lowest BCUT2D eigenvalue weighted by atomic mass is 10.1. The minimum absolute atomic E-state index is 0.133. The predicted molar refractivity (Wildman–Crippen MR) is 126 cm³/mol. The summed E-state index contributed by atoms with van der Waals surface area (Å²) < 4.78 is 14.3. The molecule has 12 heteroatoms. The van der Waals surface area contributed by atoms with E-state index in [1.165, 1.54) is 7.11 Å². The van der Waals surface area contributed by atoms with Crippen molar-refractivity contribution in [2.75, 3.05) is 19.0 Å². The fourth-order valence-corrected chi connectivity index (χ4v) is 4.47. The molecule has 3 aromatic rings. The zero-order valence-electron chi connectivity index (χ0n) is 18.9. The number of anilines is 1. The van der Waals surface area contributed by atoms with E-state index in [1.807, 2.05) is 20.8 Å². The van der Waals surface area contributed by atoms with E-state index in [0.29, 0.717) is 18.7 Å². The molecule has 0 aliphatic carbocycles. The fraction of sp³-hybridized carbons (Fsp3) is 0.381. The number of aromatic nitrogens is 4. The third-order valence-electron chi connectivity index (χ3n) is 4.83. The van der Waals surface area contributed by atoms with Crippen molar-refractivity contribution in [3.8, 4) is 0 Å². The number of nitrogens with zero attached hydrogens (tertiary/aromatic N) is 4. The molecule has 0 radical (unpaired) electrons. The van der Waals surface area contributed by atoms with Gasteiger partial charge in [0.1, 0.15) is 16.5 Å². The molecular weight excluding hydrogens is 514 g/mol. The number of esters is 2. The van der Waals surface area contributed by atoms with Gasteiger partial charge in [0.05, 0.1) is 35.1 Å². The second kappa shape index (κ2) is 10.3. The zero-order valence-corrected chi connectivity index (χ0v) is 21.3. The Kier molecular flexibility index (Phi) is 7.69. The van der Waals surface area contributed by atoms with E-state index >= 15 is 0 Å². The van der Waals surface area contributed by atoms with E-state index in [4.69, 9.17) is 9.47 Å². The van der Waals surface area contributed by atoms with Crippen LogP contribution in [0.4, 0.5) is 5.00 Å². The number of hydrogen-bond donors (Lipinski definition) is 1. The fourth-order valence-electron chi connectivity index (χ4n) is 3.08. The summed E-state index contributed by atoms with van der Waals surface area (Å²) in [5.41, 5.74) is 2.47. The summed E-state index contributed by atoms with van der Waals surface area (Å²) in [6.45, 7) is 7.86. The molecule has 33 heavy (non-hydrogen) atoms. The Morgan fingerprint density at radius 3 is 2.52 bits per heavy atom. The lowest BCUT2D eigenvalue weighted by molar-refractivity contribution is 0.0506. The topological polar surface area (TPSA) is 117 Å². The van der Waals surface area contributed by atoms with Gasteiger partial charge >= 0.3 is 11.9 Å². The van der Waals surface area contributed by atoms with Crippen molar-refractivity contribution >= 4 is 50.1 Å². The number of nitrogens with one attached hydrogen (secondary N) is 1. The van der Waals surface area contributed by atoms with Crippen LogP contribution in [0.15, 0.2) is 16.7 Å². The number of aryl methyl sites for hydroxylation is 1. The van der Waals surface area contributed by atoms with Gasteiger partial charge in [-0.05, 0) is 54.8 Å². The number of rotatable bonds is 8. The van der Waals surface area contributed by atoms with Crippen LogP contribution >= 0.6 is 27.3 Å². The van der Waals surface area contributed by atoms with Crippen molar-refractivity contribution in [3.63, 3.8) is 0 Å². The van der Waals surface area contributed by atoms with Crippen LogP contribution in [0.2, 0.25) is 0 Å². The molecule has 0 bridgehead atoms. The molecule has 0 aliphatic heterocycles. The van der Waals surface area contributed by atoms with Gasteiger partial charge in [0.2, 0.25) is 0 Å². The molecule has 0 aromatic carbocycles. The first-order valence-electron chi connectivity index (χ1n) is 10.1. The zero-order chi connectivity index (χ0) is 24.3. The molecule has 0 aliphatic rings. The summed E-state index contributed by atoms with van der Waals surface area (Å²) in [6.07, 6.45) is 2.30. The molecule has 176 valence electrons. The molecule has 3 heterocycles. The first kappa shape index (κ1) is 24.6. The van der Waals surface area contributed by atoms with Crippen molar-refractivity contribution < 1.29 is 23.9 Å². The smallest absolute Gasteiger partial charge is 0.348 e. The second-order valence-corrected chi connectivity index (χ2v) is 9.02. The van der Waals surface area contributed by atoms with Gasteiger partial charge in [-0.25, -0.2) is 14.3 Å². The average Bonchev–Trinajstić information content (AvgIpc) is 3.45. The Morgan fingerprint density at radius 1 is 1.18 bits per heavy atom. The lowest BCUT2D eigenvalue weighted by Gasteiger charge is -2.07. The highest BCUT2D eigenvalue weighted by Crippen LogP contribution is 2.34. The maximum atomic E-state index is 12.9. The van der Waals surface area contributed by atoms with Gasteiger partial charge in [0.25, 0.3) is 5.91 Å². The van der Waals surface area contributed by atoms with Crippen LogP contribution in [0.25, 0.3) is 0 Å². The van der Waals surface area contributed by atoms with Crippen LogP contribution in [0.3, 0.4) is 0 Å². The quantitative estimate of drug-likeness (QED) is 0.432. The minimum atomic E-state index is -0.614. The van der Waals surface area contributed by atoms with Gasteiger partial charge in [-0.15, -0.1) is 11.3 Å². The summed E-state index contributed by atoms with van der Waals surface area (Å²) in [7, 11) is 1.25. The molecule has 3 rings (SSSR count). The largest absolute Gasteiger partial charge is 0.465 e. The van der Waals surface area contributed by atoms with Gasteiger partial charge in [-0.3, -0.25) is 9.48 Å². The summed E-state index contributed by atoms with van der Waals surface area (Å²) in [5.74, 6) is -1.73. The Hall–Kier alpha value is -2.99. The van der Waals surface area contributed by atoms with Crippen LogP contribution in [0, 0.1) is 20.8 Å². The third kappa shape index (κ3) is 5.17. The molecule has 0 atom stereocenters. The predicted octanol–water partition coefficient (Wildman–Crippen LogP) is 3.94. The Balaban J connectivity index is 1.84. The van der Waals surface area contributed by atoms with Crippen LogP contribution < -0.4 is 5.32 Å². The number of carbonyl (C=O) groups is 3. The van der Waals surface area contributed by atoms with Gasteiger partial charge in [-0.2, -0.15) is 10.2 Å².